The Morgan fingerprint density at radius 2 is 2.19 bits per heavy atom. The summed E-state index contributed by atoms with van der Waals surface area (Å²) < 4.78 is 6.20. The molecular formula is C12H19BrN2O. The number of methoxy groups -OCH3 is 1. The quantitative estimate of drug-likeness (QED) is 0.846. The van der Waals surface area contributed by atoms with Gasteiger partial charge in [-0.15, -0.1) is 0 Å². The van der Waals surface area contributed by atoms with Crippen molar-refractivity contribution in [1.82, 2.24) is 4.90 Å². The Morgan fingerprint density at radius 1 is 1.50 bits per heavy atom. The van der Waals surface area contributed by atoms with E-state index in [0.717, 1.165) is 28.9 Å². The molecule has 0 aliphatic carbocycles. The molecule has 0 aliphatic rings. The molecule has 1 aromatic rings. The molecule has 2 N–H and O–H groups in total. The number of ether oxygens (including phenoxy) is 1. The van der Waals surface area contributed by atoms with Crippen molar-refractivity contribution in [2.24, 2.45) is 0 Å². The maximum atomic E-state index is 5.96. The normalized spacial score (nSPS) is 13.1. The van der Waals surface area contributed by atoms with Gasteiger partial charge in [-0.3, -0.25) is 4.90 Å². The van der Waals surface area contributed by atoms with Crippen molar-refractivity contribution in [1.29, 1.82) is 0 Å². The van der Waals surface area contributed by atoms with Gasteiger partial charge in [-0.25, -0.2) is 0 Å². The molecule has 16 heavy (non-hydrogen) atoms. The van der Waals surface area contributed by atoms with Crippen molar-refractivity contribution >= 4 is 21.6 Å². The van der Waals surface area contributed by atoms with E-state index in [0.29, 0.717) is 6.04 Å². The van der Waals surface area contributed by atoms with Crippen LogP contribution in [-0.2, 0) is 11.3 Å². The number of likely N-dealkylation sites (N-methyl/N-ethyl adjacent to an activating group) is 1. The molecule has 0 aromatic heterocycles. The Morgan fingerprint density at radius 3 is 2.75 bits per heavy atom. The van der Waals surface area contributed by atoms with E-state index in [-0.39, 0.29) is 0 Å². The van der Waals surface area contributed by atoms with Crippen LogP contribution in [0.15, 0.2) is 22.7 Å². The van der Waals surface area contributed by atoms with E-state index in [2.05, 4.69) is 34.8 Å². The fourth-order valence-electron chi connectivity index (χ4n) is 1.52. The molecule has 0 aliphatic heterocycles. The minimum absolute atomic E-state index is 0.372. The second kappa shape index (κ2) is 6.23. The molecule has 1 unspecified atom stereocenters. The number of nitrogens with zero attached hydrogens (tertiary/aromatic N) is 1. The lowest BCUT2D eigenvalue weighted by Crippen LogP contribution is -2.32. The third-order valence-electron chi connectivity index (χ3n) is 2.72. The zero-order valence-electron chi connectivity index (χ0n) is 10.0. The molecule has 0 saturated heterocycles. The van der Waals surface area contributed by atoms with Crippen LogP contribution in [-0.4, -0.2) is 31.7 Å². The monoisotopic (exact) mass is 286 g/mol. The van der Waals surface area contributed by atoms with E-state index in [1.54, 1.807) is 7.11 Å². The van der Waals surface area contributed by atoms with Crippen molar-refractivity contribution in [2.75, 3.05) is 26.5 Å². The van der Waals surface area contributed by atoms with Crippen LogP contribution in [0.2, 0.25) is 0 Å². The summed E-state index contributed by atoms with van der Waals surface area (Å²) >= 11 is 3.53. The van der Waals surface area contributed by atoms with Gasteiger partial charge in [0.2, 0.25) is 0 Å². The first-order valence-electron chi connectivity index (χ1n) is 5.28. The highest BCUT2D eigenvalue weighted by Gasteiger charge is 2.12. The zero-order valence-corrected chi connectivity index (χ0v) is 11.6. The van der Waals surface area contributed by atoms with E-state index in [9.17, 15) is 0 Å². The maximum absolute atomic E-state index is 5.96. The number of nitrogens with two attached hydrogens (primary N) is 1. The first-order chi connectivity index (χ1) is 7.56. The predicted octanol–water partition coefficient (Wildman–Crippen LogP) is 2.50. The first kappa shape index (κ1) is 13.5. The lowest BCUT2D eigenvalue weighted by Gasteiger charge is -2.25. The number of benzene rings is 1. The highest BCUT2D eigenvalue weighted by molar-refractivity contribution is 9.10. The smallest absolute Gasteiger partial charge is 0.0615 e. The molecule has 0 heterocycles. The molecule has 0 spiro atoms. The fourth-order valence-corrected chi connectivity index (χ4v) is 2.02. The Hall–Kier alpha value is -0.580. The molecule has 0 radical (unpaired) electrons. The van der Waals surface area contributed by atoms with Gasteiger partial charge in [0, 0.05) is 35.4 Å². The van der Waals surface area contributed by atoms with Crippen molar-refractivity contribution in [3.63, 3.8) is 0 Å². The molecular weight excluding hydrogens is 268 g/mol. The van der Waals surface area contributed by atoms with Crippen LogP contribution in [0.1, 0.15) is 12.5 Å². The number of nitrogen functional groups attached to an aromatic ring is 1. The van der Waals surface area contributed by atoms with Crippen LogP contribution in [0.3, 0.4) is 0 Å². The average Bonchev–Trinajstić information content (AvgIpc) is 2.23. The van der Waals surface area contributed by atoms with Crippen LogP contribution in [0.25, 0.3) is 0 Å². The third kappa shape index (κ3) is 3.47. The van der Waals surface area contributed by atoms with E-state index >= 15 is 0 Å². The van der Waals surface area contributed by atoms with Crippen molar-refractivity contribution in [3.8, 4) is 0 Å². The van der Waals surface area contributed by atoms with Gasteiger partial charge >= 0.3 is 0 Å². The molecule has 1 atom stereocenters. The van der Waals surface area contributed by atoms with Gasteiger partial charge in [0.1, 0.15) is 0 Å². The summed E-state index contributed by atoms with van der Waals surface area (Å²) in [5.74, 6) is 0. The molecule has 4 heteroatoms. The summed E-state index contributed by atoms with van der Waals surface area (Å²) in [5.41, 5.74) is 7.91. The van der Waals surface area contributed by atoms with Gasteiger partial charge in [-0.2, -0.15) is 0 Å². The minimum atomic E-state index is 0.372. The molecule has 0 bridgehead atoms. The molecule has 0 saturated carbocycles. The summed E-state index contributed by atoms with van der Waals surface area (Å²) in [6.07, 6.45) is 0. The molecule has 0 amide bonds. The molecule has 3 nitrogen and oxygen atoms in total. The van der Waals surface area contributed by atoms with Crippen LogP contribution >= 0.6 is 15.9 Å². The summed E-state index contributed by atoms with van der Waals surface area (Å²) in [4.78, 5) is 2.22. The van der Waals surface area contributed by atoms with Crippen LogP contribution in [0.4, 0.5) is 5.69 Å². The third-order valence-corrected chi connectivity index (χ3v) is 3.47. The summed E-state index contributed by atoms with van der Waals surface area (Å²) in [7, 11) is 3.79. The van der Waals surface area contributed by atoms with Crippen molar-refractivity contribution in [2.45, 2.75) is 19.5 Å². The van der Waals surface area contributed by atoms with Gasteiger partial charge in [-0.1, -0.05) is 22.0 Å². The topological polar surface area (TPSA) is 38.5 Å². The average molecular weight is 287 g/mol. The van der Waals surface area contributed by atoms with E-state index in [1.807, 2.05) is 18.2 Å². The van der Waals surface area contributed by atoms with Crippen molar-refractivity contribution < 1.29 is 4.74 Å². The van der Waals surface area contributed by atoms with Crippen LogP contribution in [0, 0.1) is 0 Å². The minimum Gasteiger partial charge on any atom is -0.398 e. The Kier molecular flexibility index (Phi) is 5.25. The lowest BCUT2D eigenvalue weighted by molar-refractivity contribution is 0.112. The Labute approximate surface area is 106 Å². The molecule has 1 rings (SSSR count). The highest BCUT2D eigenvalue weighted by Crippen LogP contribution is 2.24. The van der Waals surface area contributed by atoms with E-state index in [1.165, 1.54) is 0 Å². The standard InChI is InChI=1S/C12H19BrN2O/c1-9(8-16-3)15(2)7-10-11(13)5-4-6-12(10)14/h4-6,9H,7-8,14H2,1-3H3. The summed E-state index contributed by atoms with van der Waals surface area (Å²) in [5, 5.41) is 0. The summed E-state index contributed by atoms with van der Waals surface area (Å²) in [6, 6.07) is 6.26. The van der Waals surface area contributed by atoms with Crippen LogP contribution < -0.4 is 5.73 Å². The molecule has 90 valence electrons. The second-order valence-corrected chi connectivity index (χ2v) is 4.88. The van der Waals surface area contributed by atoms with Gasteiger partial charge in [-0.05, 0) is 26.1 Å². The fraction of sp³-hybridized carbons (Fsp3) is 0.500. The molecule has 1 aromatic carbocycles. The van der Waals surface area contributed by atoms with Gasteiger partial charge in [0.05, 0.1) is 6.61 Å². The second-order valence-electron chi connectivity index (χ2n) is 4.03. The van der Waals surface area contributed by atoms with E-state index in [4.69, 9.17) is 10.5 Å². The Bertz CT molecular complexity index is 324. The number of rotatable bonds is 5. The SMILES string of the molecule is COCC(C)N(C)Cc1c(N)cccc1Br. The number of hydrogen-bond acceptors (Lipinski definition) is 3. The number of hydrogen-bond donors (Lipinski definition) is 1. The lowest BCUT2D eigenvalue weighted by atomic mass is 10.1. The number of halogens is 1. The first-order valence-corrected chi connectivity index (χ1v) is 6.07. The predicted molar refractivity (Wildman–Crippen MR) is 71.4 cm³/mol. The maximum Gasteiger partial charge on any atom is 0.0615 e. The largest absolute Gasteiger partial charge is 0.398 e. The zero-order chi connectivity index (χ0) is 12.1. The van der Waals surface area contributed by atoms with Gasteiger partial charge in [0.25, 0.3) is 0 Å². The van der Waals surface area contributed by atoms with E-state index < -0.39 is 0 Å². The Balaban J connectivity index is 2.72. The van der Waals surface area contributed by atoms with Crippen LogP contribution in [0.5, 0.6) is 0 Å². The van der Waals surface area contributed by atoms with Crippen molar-refractivity contribution in [3.05, 3.63) is 28.2 Å². The number of anilines is 1. The summed E-state index contributed by atoms with van der Waals surface area (Å²) in [6.45, 7) is 3.68. The highest BCUT2D eigenvalue weighted by atomic mass is 79.9. The van der Waals surface area contributed by atoms with Gasteiger partial charge in [0.15, 0.2) is 0 Å². The molecule has 0 fully saturated rings. The van der Waals surface area contributed by atoms with Gasteiger partial charge < -0.3 is 10.5 Å².